The summed E-state index contributed by atoms with van der Waals surface area (Å²) in [7, 11) is 0. The minimum absolute atomic E-state index is 0.397. The molecule has 1 aromatic heterocycles. The van der Waals surface area contributed by atoms with Crippen molar-refractivity contribution < 1.29 is 0 Å². The third-order valence-electron chi connectivity index (χ3n) is 12.4. The van der Waals surface area contributed by atoms with Crippen LogP contribution in [0.15, 0.2) is 218 Å². The fourth-order valence-corrected chi connectivity index (χ4v) is 10.0. The first-order chi connectivity index (χ1) is 28.3. The second-order valence-electron chi connectivity index (χ2n) is 15.3. The summed E-state index contributed by atoms with van der Waals surface area (Å²) in [4.78, 5) is 2.31. The summed E-state index contributed by atoms with van der Waals surface area (Å²) >= 11 is 0. The van der Waals surface area contributed by atoms with Gasteiger partial charge in [-0.15, -0.1) is 0 Å². The number of aromatic nitrogens is 1. The Morgan fingerprint density at radius 1 is 0.316 bits per heavy atom. The van der Waals surface area contributed by atoms with Crippen LogP contribution in [0.5, 0.6) is 0 Å². The van der Waals surface area contributed by atoms with Crippen LogP contribution in [0.4, 0.5) is 17.1 Å². The van der Waals surface area contributed by atoms with Gasteiger partial charge in [0, 0.05) is 33.5 Å². The van der Waals surface area contributed by atoms with Gasteiger partial charge in [-0.1, -0.05) is 146 Å². The quantitative estimate of drug-likeness (QED) is 0.172. The number of para-hydroxylation sites is 3. The molecule has 1 heterocycles. The molecule has 0 aliphatic heterocycles. The molecule has 9 aromatic carbocycles. The summed E-state index contributed by atoms with van der Waals surface area (Å²) in [5.41, 5.74) is 19.7. The highest BCUT2D eigenvalue weighted by Crippen LogP contribution is 2.63. The highest BCUT2D eigenvalue weighted by molar-refractivity contribution is 6.13. The fourth-order valence-electron chi connectivity index (χ4n) is 10.0. The van der Waals surface area contributed by atoms with E-state index in [1.807, 2.05) is 0 Å². The van der Waals surface area contributed by atoms with E-state index in [1.54, 1.807) is 0 Å². The van der Waals surface area contributed by atoms with E-state index in [4.69, 9.17) is 0 Å². The lowest BCUT2D eigenvalue weighted by atomic mass is 9.70. The molecule has 10 aromatic rings. The van der Waals surface area contributed by atoms with Crippen LogP contribution in [-0.2, 0) is 5.41 Å². The Kier molecular flexibility index (Phi) is 6.88. The summed E-state index contributed by atoms with van der Waals surface area (Å²) in [6, 6.07) is 80.3. The molecule has 12 rings (SSSR count). The molecule has 2 nitrogen and oxygen atoms in total. The van der Waals surface area contributed by atoms with Crippen LogP contribution in [0.3, 0.4) is 0 Å². The van der Waals surface area contributed by atoms with E-state index in [0.29, 0.717) is 0 Å². The van der Waals surface area contributed by atoms with Gasteiger partial charge in [0.25, 0.3) is 0 Å². The molecule has 0 saturated carbocycles. The lowest BCUT2D eigenvalue weighted by molar-refractivity contribution is 0.794. The minimum atomic E-state index is -0.397. The average molecular weight is 725 g/mol. The van der Waals surface area contributed by atoms with Crippen LogP contribution in [0.25, 0.3) is 60.9 Å². The third kappa shape index (κ3) is 4.53. The maximum atomic E-state index is 2.52. The fraction of sp³-hybridized carbons (Fsp3) is 0.0182. The van der Waals surface area contributed by atoms with Crippen LogP contribution in [0.1, 0.15) is 22.3 Å². The second kappa shape index (κ2) is 12.3. The first-order valence-electron chi connectivity index (χ1n) is 19.8. The maximum Gasteiger partial charge on any atom is 0.0726 e. The topological polar surface area (TPSA) is 8.17 Å². The monoisotopic (exact) mass is 724 g/mol. The molecule has 0 bridgehead atoms. The molecule has 0 N–H and O–H groups in total. The zero-order chi connectivity index (χ0) is 37.5. The van der Waals surface area contributed by atoms with Crippen molar-refractivity contribution in [3.05, 3.63) is 241 Å². The van der Waals surface area contributed by atoms with Gasteiger partial charge in [-0.2, -0.15) is 0 Å². The molecular formula is C55H36N2. The zero-order valence-corrected chi connectivity index (χ0v) is 31.2. The zero-order valence-electron chi connectivity index (χ0n) is 31.2. The first kappa shape index (κ1) is 31.9. The molecule has 0 saturated heterocycles. The number of nitrogens with zero attached hydrogens (tertiary/aromatic N) is 2. The van der Waals surface area contributed by atoms with Gasteiger partial charge < -0.3 is 9.47 Å². The van der Waals surface area contributed by atoms with E-state index in [0.717, 1.165) is 22.7 Å². The summed E-state index contributed by atoms with van der Waals surface area (Å²) in [6.45, 7) is 0. The van der Waals surface area contributed by atoms with Gasteiger partial charge in [0.2, 0.25) is 0 Å². The second-order valence-corrected chi connectivity index (χ2v) is 15.3. The Hall–Kier alpha value is -7.42. The molecule has 57 heavy (non-hydrogen) atoms. The standard InChI is InChI=1S/C55H36N2/c1-4-16-39(17-5-1)56(40-18-6-2-7-19-40)42-31-28-37(29-32-42)38-30-33-53-47(34-38)48-35-46-45-24-12-15-27-51(45)55(52(46)36-54(48)57(53)41-20-8-3-9-21-41)49-25-13-10-22-43(49)44-23-11-14-26-50(44)55/h1-36H. The van der Waals surface area contributed by atoms with Crippen molar-refractivity contribution in [2.24, 2.45) is 0 Å². The lowest BCUT2D eigenvalue weighted by Gasteiger charge is -2.30. The summed E-state index contributed by atoms with van der Waals surface area (Å²) in [6.07, 6.45) is 0. The molecule has 0 radical (unpaired) electrons. The molecule has 1 spiro atoms. The largest absolute Gasteiger partial charge is 0.311 e. The van der Waals surface area contributed by atoms with Crippen molar-refractivity contribution >= 4 is 38.9 Å². The molecular weight excluding hydrogens is 689 g/mol. The van der Waals surface area contributed by atoms with E-state index in [9.17, 15) is 0 Å². The molecule has 2 heteroatoms. The van der Waals surface area contributed by atoms with Gasteiger partial charge in [-0.25, -0.2) is 0 Å². The van der Waals surface area contributed by atoms with Gasteiger partial charge in [0.15, 0.2) is 0 Å². The average Bonchev–Trinajstić information content (AvgIpc) is 3.88. The highest BCUT2D eigenvalue weighted by Gasteiger charge is 2.51. The molecule has 0 atom stereocenters. The Labute approximate surface area is 332 Å². The number of anilines is 3. The summed E-state index contributed by atoms with van der Waals surface area (Å²) in [5, 5.41) is 2.51. The third-order valence-corrected chi connectivity index (χ3v) is 12.4. The van der Waals surface area contributed by atoms with E-state index in [1.165, 1.54) is 77.4 Å². The number of hydrogen-bond donors (Lipinski definition) is 0. The van der Waals surface area contributed by atoms with Crippen LogP contribution in [0, 0.1) is 0 Å². The SMILES string of the molecule is c1ccc(N(c2ccccc2)c2ccc(-c3ccc4c(c3)c3cc5c(cc3n4-c3ccccc3)C3(c4ccccc4-c4ccccc43)c3ccccc3-5)cc2)cc1. The van der Waals surface area contributed by atoms with Crippen LogP contribution >= 0.6 is 0 Å². The van der Waals surface area contributed by atoms with Crippen molar-refractivity contribution in [3.8, 4) is 39.1 Å². The molecule has 2 aliphatic carbocycles. The minimum Gasteiger partial charge on any atom is -0.311 e. The maximum absolute atomic E-state index is 2.52. The number of rotatable bonds is 5. The van der Waals surface area contributed by atoms with Crippen LogP contribution in [0.2, 0.25) is 0 Å². The number of fused-ring (bicyclic) bond motifs is 13. The van der Waals surface area contributed by atoms with Crippen molar-refractivity contribution in [3.63, 3.8) is 0 Å². The smallest absolute Gasteiger partial charge is 0.0726 e. The normalized spacial score (nSPS) is 13.1. The van der Waals surface area contributed by atoms with Gasteiger partial charge in [0.05, 0.1) is 16.4 Å². The molecule has 266 valence electrons. The van der Waals surface area contributed by atoms with Crippen molar-refractivity contribution in [1.29, 1.82) is 0 Å². The predicted octanol–water partition coefficient (Wildman–Crippen LogP) is 14.3. The van der Waals surface area contributed by atoms with Crippen molar-refractivity contribution in [1.82, 2.24) is 4.57 Å². The Bertz CT molecular complexity index is 3070. The van der Waals surface area contributed by atoms with E-state index < -0.39 is 5.41 Å². The van der Waals surface area contributed by atoms with Gasteiger partial charge >= 0.3 is 0 Å². The predicted molar refractivity (Wildman–Crippen MR) is 237 cm³/mol. The van der Waals surface area contributed by atoms with Crippen molar-refractivity contribution in [2.45, 2.75) is 5.41 Å². The van der Waals surface area contributed by atoms with Gasteiger partial charge in [0.1, 0.15) is 0 Å². The Morgan fingerprint density at radius 2 is 0.772 bits per heavy atom. The van der Waals surface area contributed by atoms with Crippen LogP contribution < -0.4 is 4.90 Å². The summed E-state index contributed by atoms with van der Waals surface area (Å²) < 4.78 is 2.47. The van der Waals surface area contributed by atoms with Crippen molar-refractivity contribution in [2.75, 3.05) is 4.90 Å². The number of hydrogen-bond acceptors (Lipinski definition) is 1. The van der Waals surface area contributed by atoms with Crippen LogP contribution in [-0.4, -0.2) is 4.57 Å². The van der Waals surface area contributed by atoms with Gasteiger partial charge in [-0.05, 0) is 128 Å². The Balaban J connectivity index is 1.08. The first-order valence-corrected chi connectivity index (χ1v) is 19.8. The molecule has 0 fully saturated rings. The molecule has 2 aliphatic rings. The van der Waals surface area contributed by atoms with E-state index in [2.05, 4.69) is 228 Å². The number of benzene rings is 9. The van der Waals surface area contributed by atoms with E-state index >= 15 is 0 Å². The van der Waals surface area contributed by atoms with E-state index in [-0.39, 0.29) is 0 Å². The molecule has 0 amide bonds. The lowest BCUT2D eigenvalue weighted by Crippen LogP contribution is -2.25. The van der Waals surface area contributed by atoms with Gasteiger partial charge in [-0.3, -0.25) is 0 Å². The summed E-state index contributed by atoms with van der Waals surface area (Å²) in [5.74, 6) is 0. The Morgan fingerprint density at radius 3 is 1.35 bits per heavy atom. The molecule has 0 unspecified atom stereocenters. The highest BCUT2D eigenvalue weighted by atomic mass is 15.1.